The summed E-state index contributed by atoms with van der Waals surface area (Å²) in [5.74, 6) is 0.550. The smallest absolute Gasteiger partial charge is 0.291 e. The fraction of sp³-hybridized carbons (Fsp3) is 0.350. The van der Waals surface area contributed by atoms with Crippen molar-refractivity contribution in [1.82, 2.24) is 29.8 Å². The maximum absolute atomic E-state index is 12.4. The van der Waals surface area contributed by atoms with Crippen LogP contribution in [0.5, 0.6) is 5.75 Å². The lowest BCUT2D eigenvalue weighted by Crippen LogP contribution is -2.46. The van der Waals surface area contributed by atoms with Crippen LogP contribution >= 0.6 is 0 Å². The Morgan fingerprint density at radius 2 is 2.07 bits per heavy atom. The molecule has 0 saturated carbocycles. The summed E-state index contributed by atoms with van der Waals surface area (Å²) in [6.07, 6.45) is 4.83. The monoisotopic (exact) mass is 394 g/mol. The number of rotatable bonds is 5. The average molecular weight is 394 g/mol. The number of hydrogen-bond acceptors (Lipinski definition) is 6. The topological polar surface area (TPSA) is 102 Å². The third-order valence-electron chi connectivity index (χ3n) is 4.81. The van der Waals surface area contributed by atoms with Gasteiger partial charge in [-0.05, 0) is 30.7 Å². The first-order valence-electron chi connectivity index (χ1n) is 9.55. The van der Waals surface area contributed by atoms with Gasteiger partial charge in [0.25, 0.3) is 11.7 Å². The second kappa shape index (κ2) is 8.26. The van der Waals surface area contributed by atoms with E-state index in [0.29, 0.717) is 18.9 Å². The van der Waals surface area contributed by atoms with Crippen molar-refractivity contribution in [3.05, 3.63) is 54.1 Å². The van der Waals surface area contributed by atoms with Gasteiger partial charge in [0.15, 0.2) is 0 Å². The number of nitrogens with one attached hydrogen (secondary N) is 1. The molecule has 3 heterocycles. The summed E-state index contributed by atoms with van der Waals surface area (Å²) in [5, 5.41) is 6.64. The van der Waals surface area contributed by atoms with Crippen LogP contribution in [0, 0.1) is 6.92 Å². The summed E-state index contributed by atoms with van der Waals surface area (Å²) in [7, 11) is 0. The second-order valence-corrected chi connectivity index (χ2v) is 7.00. The van der Waals surface area contributed by atoms with Crippen molar-refractivity contribution in [3.63, 3.8) is 0 Å². The van der Waals surface area contributed by atoms with Crippen LogP contribution in [0.25, 0.3) is 5.78 Å². The second-order valence-electron chi connectivity index (χ2n) is 7.00. The van der Waals surface area contributed by atoms with Gasteiger partial charge in [0.2, 0.25) is 11.7 Å². The predicted octanol–water partition coefficient (Wildman–Crippen LogP) is 1.23. The Kier molecular flexibility index (Phi) is 5.37. The molecule has 9 nitrogen and oxygen atoms in total. The number of likely N-dealkylation sites (tertiary alicyclic amines) is 1. The Bertz CT molecular complexity index is 993. The summed E-state index contributed by atoms with van der Waals surface area (Å²) >= 11 is 0. The molecule has 2 aromatic heterocycles. The van der Waals surface area contributed by atoms with Crippen molar-refractivity contribution >= 4 is 17.6 Å². The molecule has 4 rings (SSSR count). The van der Waals surface area contributed by atoms with Crippen molar-refractivity contribution < 1.29 is 14.3 Å². The van der Waals surface area contributed by atoms with E-state index in [4.69, 9.17) is 4.74 Å². The zero-order chi connectivity index (χ0) is 20.2. The minimum atomic E-state index is -0.499. The summed E-state index contributed by atoms with van der Waals surface area (Å²) in [6, 6.07) is 9.65. The van der Waals surface area contributed by atoms with E-state index in [1.165, 1.54) is 4.52 Å². The number of aryl methyl sites for hydroxylation is 1. The molecule has 1 fully saturated rings. The quantitative estimate of drug-likeness (QED) is 0.698. The van der Waals surface area contributed by atoms with Crippen molar-refractivity contribution in [3.8, 4) is 5.75 Å². The number of carbonyl (C=O) groups excluding carboxylic acids is 2. The highest BCUT2D eigenvalue weighted by Crippen LogP contribution is 2.20. The molecular weight excluding hydrogens is 372 g/mol. The van der Waals surface area contributed by atoms with E-state index < -0.39 is 5.91 Å². The molecule has 0 radical (unpaired) electrons. The van der Waals surface area contributed by atoms with E-state index in [9.17, 15) is 9.59 Å². The molecule has 0 unspecified atom stereocenters. The molecule has 150 valence electrons. The van der Waals surface area contributed by atoms with Gasteiger partial charge in [-0.2, -0.15) is 4.98 Å². The predicted molar refractivity (Wildman–Crippen MR) is 105 cm³/mol. The number of aromatic nitrogens is 4. The largest absolute Gasteiger partial charge is 0.490 e. The maximum atomic E-state index is 12.4. The molecule has 1 N–H and O–H groups in total. The lowest BCUT2D eigenvalue weighted by Gasteiger charge is -2.32. The van der Waals surface area contributed by atoms with E-state index in [-0.39, 0.29) is 24.4 Å². The minimum Gasteiger partial charge on any atom is -0.490 e. The van der Waals surface area contributed by atoms with Crippen LogP contribution in [-0.2, 0) is 4.79 Å². The third kappa shape index (κ3) is 4.50. The standard InChI is InChI=1S/C20H22N6O3/c1-14-4-2-5-16(12-14)29-15-6-10-25(11-7-15)17(27)13-22-19(28)18-23-20-21-8-3-9-26(20)24-18/h2-5,8-9,12,15H,6-7,10-11,13H2,1H3,(H,22,28). The van der Waals surface area contributed by atoms with Gasteiger partial charge in [-0.15, -0.1) is 5.10 Å². The Hall–Kier alpha value is -3.49. The van der Waals surface area contributed by atoms with Gasteiger partial charge in [0.1, 0.15) is 11.9 Å². The summed E-state index contributed by atoms with van der Waals surface area (Å²) in [4.78, 5) is 34.5. The van der Waals surface area contributed by atoms with Gasteiger partial charge in [-0.3, -0.25) is 9.59 Å². The summed E-state index contributed by atoms with van der Waals surface area (Å²) < 4.78 is 7.43. The molecule has 1 aliphatic heterocycles. The van der Waals surface area contributed by atoms with E-state index in [1.807, 2.05) is 31.2 Å². The van der Waals surface area contributed by atoms with Gasteiger partial charge in [0.05, 0.1) is 6.54 Å². The van der Waals surface area contributed by atoms with Crippen LogP contribution in [0.1, 0.15) is 29.0 Å². The van der Waals surface area contributed by atoms with Crippen molar-refractivity contribution in [2.75, 3.05) is 19.6 Å². The Morgan fingerprint density at radius 1 is 1.24 bits per heavy atom. The third-order valence-corrected chi connectivity index (χ3v) is 4.81. The first kappa shape index (κ1) is 18.9. The van der Waals surface area contributed by atoms with E-state index >= 15 is 0 Å². The van der Waals surface area contributed by atoms with Gasteiger partial charge in [0, 0.05) is 38.3 Å². The molecular formula is C20H22N6O3. The van der Waals surface area contributed by atoms with Crippen LogP contribution in [0.2, 0.25) is 0 Å². The molecule has 29 heavy (non-hydrogen) atoms. The number of amides is 2. The first-order valence-corrected chi connectivity index (χ1v) is 9.55. The van der Waals surface area contributed by atoms with Crippen LogP contribution in [0.15, 0.2) is 42.7 Å². The molecule has 1 saturated heterocycles. The molecule has 9 heteroatoms. The van der Waals surface area contributed by atoms with E-state index in [1.54, 1.807) is 23.4 Å². The van der Waals surface area contributed by atoms with Crippen LogP contribution in [-0.4, -0.2) is 62.0 Å². The zero-order valence-electron chi connectivity index (χ0n) is 16.1. The molecule has 2 amide bonds. The molecule has 0 spiro atoms. The van der Waals surface area contributed by atoms with Gasteiger partial charge < -0.3 is 15.0 Å². The number of hydrogen-bond donors (Lipinski definition) is 1. The van der Waals surface area contributed by atoms with Gasteiger partial charge in [-0.25, -0.2) is 9.50 Å². The fourth-order valence-corrected chi connectivity index (χ4v) is 3.28. The Morgan fingerprint density at radius 3 is 2.83 bits per heavy atom. The molecule has 0 bridgehead atoms. The first-order chi connectivity index (χ1) is 14.1. The molecule has 0 atom stereocenters. The van der Waals surface area contributed by atoms with Crippen molar-refractivity contribution in [2.24, 2.45) is 0 Å². The SMILES string of the molecule is Cc1cccc(OC2CCN(C(=O)CNC(=O)c3nc4ncccn4n3)CC2)c1. The number of ether oxygens (including phenoxy) is 1. The Labute approximate surface area is 167 Å². The van der Waals surface area contributed by atoms with Crippen LogP contribution < -0.4 is 10.1 Å². The highest BCUT2D eigenvalue weighted by Gasteiger charge is 2.24. The number of carbonyl (C=O) groups is 2. The Balaban J connectivity index is 1.25. The molecule has 1 aromatic carbocycles. The lowest BCUT2D eigenvalue weighted by molar-refractivity contribution is -0.131. The summed E-state index contributed by atoms with van der Waals surface area (Å²) in [5.41, 5.74) is 1.15. The number of benzene rings is 1. The number of fused-ring (bicyclic) bond motifs is 1. The maximum Gasteiger partial charge on any atom is 0.291 e. The molecule has 1 aliphatic rings. The van der Waals surface area contributed by atoms with Gasteiger partial charge in [-0.1, -0.05) is 12.1 Å². The highest BCUT2D eigenvalue weighted by atomic mass is 16.5. The number of nitrogens with zero attached hydrogens (tertiary/aromatic N) is 5. The zero-order valence-corrected chi connectivity index (χ0v) is 16.1. The fourth-order valence-electron chi connectivity index (χ4n) is 3.28. The van der Waals surface area contributed by atoms with Gasteiger partial charge >= 0.3 is 0 Å². The highest BCUT2D eigenvalue weighted by molar-refractivity contribution is 5.93. The van der Waals surface area contributed by atoms with Crippen LogP contribution in [0.3, 0.4) is 0 Å². The minimum absolute atomic E-state index is 0.0123. The average Bonchev–Trinajstić information content (AvgIpc) is 3.17. The van der Waals surface area contributed by atoms with Crippen LogP contribution in [0.4, 0.5) is 0 Å². The lowest BCUT2D eigenvalue weighted by atomic mass is 10.1. The van der Waals surface area contributed by atoms with E-state index in [2.05, 4.69) is 20.4 Å². The number of piperidine rings is 1. The molecule has 0 aliphatic carbocycles. The molecule has 3 aromatic rings. The van der Waals surface area contributed by atoms with Crippen molar-refractivity contribution in [2.45, 2.75) is 25.9 Å². The van der Waals surface area contributed by atoms with Crippen molar-refractivity contribution in [1.29, 1.82) is 0 Å². The normalized spacial score (nSPS) is 14.7. The van der Waals surface area contributed by atoms with E-state index in [0.717, 1.165) is 24.2 Å². The summed E-state index contributed by atoms with van der Waals surface area (Å²) in [6.45, 7) is 3.13.